The summed E-state index contributed by atoms with van der Waals surface area (Å²) in [6, 6.07) is 2.48. The summed E-state index contributed by atoms with van der Waals surface area (Å²) in [6.45, 7) is -1.58. The topological polar surface area (TPSA) is 51.5 Å². The normalized spacial score (nSPS) is 11.5. The predicted octanol–water partition coefficient (Wildman–Crippen LogP) is 2.16. The minimum atomic E-state index is -4.51. The molecule has 0 aromatic carbocycles. The molecular weight excluding hydrogens is 239 g/mol. The van der Waals surface area contributed by atoms with Crippen LogP contribution in [-0.2, 0) is 4.84 Å². The van der Waals surface area contributed by atoms with Crippen LogP contribution >= 0.6 is 11.6 Å². The lowest BCUT2D eigenvalue weighted by atomic mass is 10.4. The number of amides is 1. The number of halogens is 4. The van der Waals surface area contributed by atoms with Gasteiger partial charge in [0.2, 0.25) is 0 Å². The average Bonchev–Trinajstić information content (AvgIpc) is 2.49. The molecule has 0 aliphatic heterocycles. The lowest BCUT2D eigenvalue weighted by Crippen LogP contribution is -2.29. The van der Waals surface area contributed by atoms with Gasteiger partial charge in [0.05, 0.1) is 0 Å². The van der Waals surface area contributed by atoms with Crippen molar-refractivity contribution in [3.05, 3.63) is 23.1 Å². The van der Waals surface area contributed by atoms with E-state index in [9.17, 15) is 18.0 Å². The van der Waals surface area contributed by atoms with Crippen LogP contribution < -0.4 is 5.48 Å². The van der Waals surface area contributed by atoms with E-state index in [0.29, 0.717) is 0 Å². The fourth-order valence-corrected chi connectivity index (χ4v) is 0.816. The van der Waals surface area contributed by atoms with Crippen LogP contribution in [0.1, 0.15) is 10.6 Å². The average molecular weight is 244 g/mol. The Kier molecular flexibility index (Phi) is 3.59. The van der Waals surface area contributed by atoms with Crippen LogP contribution in [0.25, 0.3) is 0 Å². The van der Waals surface area contributed by atoms with E-state index in [1.165, 1.54) is 12.1 Å². The Balaban J connectivity index is 2.37. The zero-order chi connectivity index (χ0) is 11.5. The second-order valence-electron chi connectivity index (χ2n) is 2.44. The first-order chi connectivity index (χ1) is 6.88. The monoisotopic (exact) mass is 243 g/mol. The molecule has 1 rings (SSSR count). The number of alkyl halides is 3. The largest absolute Gasteiger partial charge is 0.439 e. The fraction of sp³-hybridized carbons (Fsp3) is 0.286. The lowest BCUT2D eigenvalue weighted by Gasteiger charge is -2.06. The van der Waals surface area contributed by atoms with Crippen LogP contribution in [0.2, 0.25) is 5.22 Å². The highest BCUT2D eigenvalue weighted by Crippen LogP contribution is 2.15. The van der Waals surface area contributed by atoms with Crippen LogP contribution in [-0.4, -0.2) is 18.7 Å². The Labute approximate surface area is 86.9 Å². The highest BCUT2D eigenvalue weighted by molar-refractivity contribution is 6.29. The van der Waals surface area contributed by atoms with Crippen molar-refractivity contribution in [1.29, 1.82) is 0 Å². The molecule has 0 radical (unpaired) electrons. The first-order valence-electron chi connectivity index (χ1n) is 3.63. The molecule has 0 saturated carbocycles. The summed E-state index contributed by atoms with van der Waals surface area (Å²) in [7, 11) is 0. The second kappa shape index (κ2) is 4.54. The van der Waals surface area contributed by atoms with Gasteiger partial charge in [-0.1, -0.05) is 0 Å². The van der Waals surface area contributed by atoms with E-state index in [0.717, 1.165) is 0 Å². The molecule has 0 bridgehead atoms. The van der Waals surface area contributed by atoms with Crippen LogP contribution in [0.3, 0.4) is 0 Å². The van der Waals surface area contributed by atoms with Gasteiger partial charge in [0.15, 0.2) is 17.6 Å². The Morgan fingerprint density at radius 2 is 2.20 bits per heavy atom. The molecule has 8 heteroatoms. The van der Waals surface area contributed by atoms with Crippen LogP contribution in [0.4, 0.5) is 13.2 Å². The summed E-state index contributed by atoms with van der Waals surface area (Å²) in [4.78, 5) is 14.9. The number of furan rings is 1. The van der Waals surface area contributed by atoms with Crippen molar-refractivity contribution in [3.63, 3.8) is 0 Å². The Morgan fingerprint density at radius 3 is 2.67 bits per heavy atom. The summed E-state index contributed by atoms with van der Waals surface area (Å²) in [6.07, 6.45) is -4.51. The molecule has 0 saturated heterocycles. The van der Waals surface area contributed by atoms with Crippen LogP contribution in [0, 0.1) is 0 Å². The zero-order valence-corrected chi connectivity index (χ0v) is 7.85. The van der Waals surface area contributed by atoms with Gasteiger partial charge in [0, 0.05) is 0 Å². The first kappa shape index (κ1) is 11.9. The fourth-order valence-electron chi connectivity index (χ4n) is 0.670. The van der Waals surface area contributed by atoms with Crippen molar-refractivity contribution < 1.29 is 27.2 Å². The third-order valence-electron chi connectivity index (χ3n) is 1.20. The van der Waals surface area contributed by atoms with Crippen molar-refractivity contribution in [2.75, 3.05) is 6.61 Å². The van der Waals surface area contributed by atoms with E-state index >= 15 is 0 Å². The number of rotatable bonds is 3. The zero-order valence-electron chi connectivity index (χ0n) is 7.10. The van der Waals surface area contributed by atoms with Crippen molar-refractivity contribution in [3.8, 4) is 0 Å². The number of carbonyl (C=O) groups is 1. The van der Waals surface area contributed by atoms with Crippen LogP contribution in [0.15, 0.2) is 16.5 Å². The molecule has 1 heterocycles. The van der Waals surface area contributed by atoms with Gasteiger partial charge < -0.3 is 4.42 Å². The van der Waals surface area contributed by atoms with Crippen molar-refractivity contribution >= 4 is 17.5 Å². The van der Waals surface area contributed by atoms with Gasteiger partial charge in [-0.2, -0.15) is 13.2 Å². The molecule has 0 aliphatic carbocycles. The minimum absolute atomic E-state index is 0.0454. The third kappa shape index (κ3) is 4.22. The summed E-state index contributed by atoms with van der Waals surface area (Å²) < 4.78 is 39.4. The summed E-state index contributed by atoms with van der Waals surface area (Å²) in [5.74, 6) is -1.17. The Morgan fingerprint density at radius 1 is 1.53 bits per heavy atom. The van der Waals surface area contributed by atoms with Gasteiger partial charge in [-0.25, -0.2) is 5.48 Å². The highest BCUT2D eigenvalue weighted by Gasteiger charge is 2.28. The predicted molar refractivity (Wildman–Crippen MR) is 43.2 cm³/mol. The summed E-state index contributed by atoms with van der Waals surface area (Å²) >= 11 is 5.34. The lowest BCUT2D eigenvalue weighted by molar-refractivity contribution is -0.184. The molecule has 84 valence electrons. The van der Waals surface area contributed by atoms with E-state index in [-0.39, 0.29) is 11.0 Å². The molecule has 0 unspecified atom stereocenters. The SMILES string of the molecule is O=C(NOCC(F)(F)F)c1ccc(Cl)o1. The number of nitrogens with one attached hydrogen (secondary N) is 1. The number of hydrogen-bond acceptors (Lipinski definition) is 3. The van der Waals surface area contributed by atoms with Crippen molar-refractivity contribution in [1.82, 2.24) is 5.48 Å². The molecule has 0 atom stereocenters. The number of hydroxylamine groups is 1. The smallest absolute Gasteiger partial charge is 0.414 e. The summed E-state index contributed by atoms with van der Waals surface area (Å²) in [5.41, 5.74) is 1.56. The van der Waals surface area contributed by atoms with E-state index in [1.54, 1.807) is 5.48 Å². The van der Waals surface area contributed by atoms with Crippen molar-refractivity contribution in [2.24, 2.45) is 0 Å². The number of carbonyl (C=O) groups excluding carboxylic acids is 1. The van der Waals surface area contributed by atoms with E-state index in [4.69, 9.17) is 11.6 Å². The molecular formula is C7H5ClF3NO3. The summed E-state index contributed by atoms with van der Waals surface area (Å²) in [5, 5.41) is -0.0454. The molecule has 0 fully saturated rings. The number of hydrogen-bond donors (Lipinski definition) is 1. The minimum Gasteiger partial charge on any atom is -0.439 e. The van der Waals surface area contributed by atoms with Crippen molar-refractivity contribution in [2.45, 2.75) is 6.18 Å². The van der Waals surface area contributed by atoms with Gasteiger partial charge in [0.25, 0.3) is 0 Å². The maximum atomic E-state index is 11.6. The van der Waals surface area contributed by atoms with E-state index in [1.807, 2.05) is 0 Å². The van der Waals surface area contributed by atoms with Gasteiger partial charge in [-0.3, -0.25) is 9.63 Å². The molecule has 15 heavy (non-hydrogen) atoms. The quantitative estimate of drug-likeness (QED) is 0.828. The first-order valence-corrected chi connectivity index (χ1v) is 4.00. The van der Waals surface area contributed by atoms with Gasteiger partial charge in [0.1, 0.15) is 0 Å². The highest BCUT2D eigenvalue weighted by atomic mass is 35.5. The van der Waals surface area contributed by atoms with E-state index in [2.05, 4.69) is 9.25 Å². The molecule has 0 aliphatic rings. The molecule has 1 amide bonds. The molecule has 0 spiro atoms. The molecule has 4 nitrogen and oxygen atoms in total. The van der Waals surface area contributed by atoms with E-state index < -0.39 is 18.7 Å². The van der Waals surface area contributed by atoms with Crippen LogP contribution in [0.5, 0.6) is 0 Å². The molecule has 1 aromatic heterocycles. The van der Waals surface area contributed by atoms with Gasteiger partial charge >= 0.3 is 12.1 Å². The molecule has 1 aromatic rings. The second-order valence-corrected chi connectivity index (χ2v) is 2.81. The van der Waals surface area contributed by atoms with Gasteiger partial charge in [-0.15, -0.1) is 0 Å². The van der Waals surface area contributed by atoms with Gasteiger partial charge in [-0.05, 0) is 23.7 Å². The molecule has 1 N–H and O–H groups in total. The maximum absolute atomic E-state index is 11.6. The third-order valence-corrected chi connectivity index (χ3v) is 1.40. The standard InChI is InChI=1S/C7H5ClF3NO3/c8-5-2-1-4(15-5)6(13)12-14-3-7(9,10)11/h1-2H,3H2,(H,12,13). The maximum Gasteiger partial charge on any atom is 0.414 e. The Bertz CT molecular complexity index is 349. The Hall–Kier alpha value is -1.21.